The molecule has 0 unspecified atom stereocenters. The minimum atomic E-state index is -1.15. The Morgan fingerprint density at radius 1 is 0.933 bits per heavy atom. The van der Waals surface area contributed by atoms with Crippen LogP contribution in [0.3, 0.4) is 0 Å². The van der Waals surface area contributed by atoms with Gasteiger partial charge in [-0.05, 0) is 62.2 Å². The first-order valence-electron chi connectivity index (χ1n) is 9.25. The van der Waals surface area contributed by atoms with E-state index >= 15 is 0 Å². The van der Waals surface area contributed by atoms with E-state index in [1.807, 2.05) is 20.8 Å². The lowest BCUT2D eigenvalue weighted by Gasteiger charge is -2.10. The Bertz CT molecular complexity index is 1120. The van der Waals surface area contributed by atoms with E-state index in [0.717, 1.165) is 22.8 Å². The Hall–Kier alpha value is -3.87. The minimum Gasteiger partial charge on any atom is -0.504 e. The number of nitrogens with zero attached hydrogens (tertiary/aromatic N) is 2. The highest BCUT2D eigenvalue weighted by molar-refractivity contribution is 6.20. The van der Waals surface area contributed by atoms with E-state index in [1.54, 1.807) is 24.3 Å². The number of hydrogen-bond acceptors (Lipinski definition) is 6. The van der Waals surface area contributed by atoms with Crippen molar-refractivity contribution in [2.24, 2.45) is 0 Å². The molecule has 154 valence electrons. The van der Waals surface area contributed by atoms with Crippen LogP contribution < -0.4 is 4.74 Å². The van der Waals surface area contributed by atoms with Crippen LogP contribution in [0.25, 0.3) is 11.6 Å². The fraction of sp³-hybridized carbons (Fsp3) is 0.174. The van der Waals surface area contributed by atoms with Crippen molar-refractivity contribution in [3.63, 3.8) is 0 Å². The van der Waals surface area contributed by atoms with Gasteiger partial charge >= 0.3 is 5.97 Å². The first-order valence-corrected chi connectivity index (χ1v) is 9.25. The fourth-order valence-corrected chi connectivity index (χ4v) is 2.84. The molecular formula is C23H22N2O5. The maximum atomic E-state index is 11.7. The molecule has 0 saturated carbocycles. The summed E-state index contributed by atoms with van der Waals surface area (Å²) in [7, 11) is 0. The van der Waals surface area contributed by atoms with E-state index in [0.29, 0.717) is 11.3 Å². The number of carbonyl (C=O) groups is 1. The van der Waals surface area contributed by atoms with Crippen LogP contribution in [0.5, 0.6) is 17.2 Å². The highest BCUT2D eigenvalue weighted by Gasteiger charge is 2.13. The number of aliphatic carboxylic acids is 1. The first kappa shape index (κ1) is 20.9. The lowest BCUT2D eigenvalue weighted by atomic mass is 10.0. The van der Waals surface area contributed by atoms with Gasteiger partial charge in [-0.15, -0.1) is 0 Å². The van der Waals surface area contributed by atoms with Gasteiger partial charge in [0.15, 0.2) is 11.5 Å². The van der Waals surface area contributed by atoms with E-state index in [9.17, 15) is 20.1 Å². The van der Waals surface area contributed by atoms with Crippen molar-refractivity contribution in [3.8, 4) is 17.2 Å². The molecule has 1 aromatic heterocycles. The van der Waals surface area contributed by atoms with Gasteiger partial charge in [-0.2, -0.15) is 0 Å². The third-order valence-electron chi connectivity index (χ3n) is 4.66. The Kier molecular flexibility index (Phi) is 6.01. The number of carboxylic acids is 1. The van der Waals surface area contributed by atoms with Crippen LogP contribution in [0.15, 0.2) is 42.5 Å². The lowest BCUT2D eigenvalue weighted by molar-refractivity contribution is -0.130. The second kappa shape index (κ2) is 8.65. The quantitative estimate of drug-likeness (QED) is 0.322. The number of phenolic OH excluding ortho intramolecular Hbond substituents is 2. The summed E-state index contributed by atoms with van der Waals surface area (Å²) in [6, 6.07) is 10.8. The zero-order chi connectivity index (χ0) is 21.8. The van der Waals surface area contributed by atoms with E-state index < -0.39 is 5.97 Å². The average Bonchev–Trinajstić information content (AvgIpc) is 2.71. The molecule has 0 aliphatic heterocycles. The van der Waals surface area contributed by atoms with Crippen molar-refractivity contribution in [1.82, 2.24) is 9.97 Å². The van der Waals surface area contributed by atoms with Crippen molar-refractivity contribution in [2.45, 2.75) is 27.4 Å². The molecule has 0 saturated heterocycles. The Labute approximate surface area is 174 Å². The number of rotatable bonds is 6. The highest BCUT2D eigenvalue weighted by Crippen LogP contribution is 2.29. The number of ether oxygens (including phenoxy) is 1. The smallest absolute Gasteiger partial charge is 0.336 e. The maximum Gasteiger partial charge on any atom is 0.336 e. The average molecular weight is 406 g/mol. The summed E-state index contributed by atoms with van der Waals surface area (Å²) in [5, 5.41) is 28.6. The molecule has 0 bridgehead atoms. The van der Waals surface area contributed by atoms with Gasteiger partial charge in [0.25, 0.3) is 0 Å². The molecule has 0 atom stereocenters. The number of hydrogen-bond donors (Lipinski definition) is 3. The Morgan fingerprint density at radius 2 is 1.60 bits per heavy atom. The summed E-state index contributed by atoms with van der Waals surface area (Å²) in [5.74, 6) is -1.23. The van der Waals surface area contributed by atoms with E-state index in [-0.39, 0.29) is 29.2 Å². The second-order valence-electron chi connectivity index (χ2n) is 6.85. The standard InChI is InChI=1S/C23H22N2O5/c1-13-14(2)25-20(15(3)24-13)12-30-18-7-4-16(5-8-18)10-19(23(28)29)17-6-9-21(26)22(27)11-17/h4-11,26-27H,12H2,1-3H3,(H,28,29)/b19-10+. The second-order valence-corrected chi connectivity index (χ2v) is 6.85. The Balaban J connectivity index is 1.77. The Morgan fingerprint density at radius 3 is 2.23 bits per heavy atom. The van der Waals surface area contributed by atoms with Crippen LogP contribution in [-0.4, -0.2) is 31.3 Å². The molecule has 0 aliphatic carbocycles. The van der Waals surface area contributed by atoms with Crippen molar-refractivity contribution >= 4 is 17.6 Å². The normalized spacial score (nSPS) is 11.4. The minimum absolute atomic E-state index is 0.0139. The molecule has 0 amide bonds. The SMILES string of the molecule is Cc1nc(C)c(COc2ccc(/C=C(/C(=O)O)c3ccc(O)c(O)c3)cc2)nc1C. The molecule has 0 radical (unpaired) electrons. The summed E-state index contributed by atoms with van der Waals surface area (Å²) in [4.78, 5) is 20.6. The van der Waals surface area contributed by atoms with Crippen LogP contribution in [0.4, 0.5) is 0 Å². The van der Waals surface area contributed by atoms with E-state index in [2.05, 4.69) is 9.97 Å². The summed E-state index contributed by atoms with van der Waals surface area (Å²) in [5.41, 5.74) is 4.25. The molecule has 7 nitrogen and oxygen atoms in total. The lowest BCUT2D eigenvalue weighted by Crippen LogP contribution is -2.06. The van der Waals surface area contributed by atoms with Crippen LogP contribution in [0.2, 0.25) is 0 Å². The summed E-state index contributed by atoms with van der Waals surface area (Å²) < 4.78 is 5.79. The van der Waals surface area contributed by atoms with Gasteiger partial charge in [0, 0.05) is 0 Å². The molecule has 30 heavy (non-hydrogen) atoms. The fourth-order valence-electron chi connectivity index (χ4n) is 2.84. The van der Waals surface area contributed by atoms with Gasteiger partial charge in [0.05, 0.1) is 28.3 Å². The monoisotopic (exact) mass is 406 g/mol. The van der Waals surface area contributed by atoms with Crippen molar-refractivity contribution in [1.29, 1.82) is 0 Å². The van der Waals surface area contributed by atoms with Crippen molar-refractivity contribution in [2.75, 3.05) is 0 Å². The maximum absolute atomic E-state index is 11.7. The number of aromatic nitrogens is 2. The number of phenols is 2. The van der Waals surface area contributed by atoms with Gasteiger partial charge in [-0.3, -0.25) is 9.97 Å². The summed E-state index contributed by atoms with van der Waals surface area (Å²) in [6.07, 6.45) is 1.48. The molecule has 0 spiro atoms. The van der Waals surface area contributed by atoms with E-state index in [1.165, 1.54) is 24.3 Å². The van der Waals surface area contributed by atoms with Crippen LogP contribution in [0, 0.1) is 20.8 Å². The number of aryl methyl sites for hydroxylation is 3. The molecule has 2 aromatic carbocycles. The van der Waals surface area contributed by atoms with Gasteiger partial charge in [-0.25, -0.2) is 4.79 Å². The number of aromatic hydroxyl groups is 2. The summed E-state index contributed by atoms with van der Waals surface area (Å²) in [6.45, 7) is 5.99. The summed E-state index contributed by atoms with van der Waals surface area (Å²) >= 11 is 0. The third kappa shape index (κ3) is 4.75. The first-order chi connectivity index (χ1) is 14.2. The molecular weight excluding hydrogens is 384 g/mol. The largest absolute Gasteiger partial charge is 0.504 e. The van der Waals surface area contributed by atoms with Gasteiger partial charge in [-0.1, -0.05) is 18.2 Å². The number of benzene rings is 2. The van der Waals surface area contributed by atoms with Crippen LogP contribution in [0.1, 0.15) is 33.9 Å². The van der Waals surface area contributed by atoms with Gasteiger partial charge < -0.3 is 20.1 Å². The van der Waals surface area contributed by atoms with Crippen LogP contribution >= 0.6 is 0 Å². The number of carboxylic acid groups (broad SMARTS) is 1. The third-order valence-corrected chi connectivity index (χ3v) is 4.66. The topological polar surface area (TPSA) is 113 Å². The predicted octanol–water partition coefficient (Wildman–Crippen LogP) is 4.02. The molecule has 0 aliphatic rings. The van der Waals surface area contributed by atoms with Crippen molar-refractivity contribution < 1.29 is 24.9 Å². The van der Waals surface area contributed by atoms with Gasteiger partial charge in [0.2, 0.25) is 0 Å². The van der Waals surface area contributed by atoms with Crippen LogP contribution in [-0.2, 0) is 11.4 Å². The molecule has 1 heterocycles. The molecule has 3 N–H and O–H groups in total. The molecule has 7 heteroatoms. The zero-order valence-electron chi connectivity index (χ0n) is 16.9. The van der Waals surface area contributed by atoms with E-state index in [4.69, 9.17) is 4.74 Å². The molecule has 3 rings (SSSR count). The predicted molar refractivity (Wildman–Crippen MR) is 112 cm³/mol. The highest BCUT2D eigenvalue weighted by atomic mass is 16.5. The van der Waals surface area contributed by atoms with Gasteiger partial charge in [0.1, 0.15) is 12.4 Å². The van der Waals surface area contributed by atoms with Crippen molar-refractivity contribution in [3.05, 3.63) is 76.4 Å². The molecule has 3 aromatic rings. The molecule has 0 fully saturated rings. The zero-order valence-corrected chi connectivity index (χ0v) is 16.9.